The van der Waals surface area contributed by atoms with Crippen molar-refractivity contribution in [3.05, 3.63) is 53.9 Å². The van der Waals surface area contributed by atoms with E-state index >= 15 is 0 Å². The highest BCUT2D eigenvalue weighted by atomic mass is 35.5. The Morgan fingerprint density at radius 3 is 2.60 bits per heavy atom. The molecule has 20 heavy (non-hydrogen) atoms. The summed E-state index contributed by atoms with van der Waals surface area (Å²) >= 11 is 5.94. The fraction of sp³-hybridized carbons (Fsp3) is 0.312. The summed E-state index contributed by atoms with van der Waals surface area (Å²) in [5.74, 6) is 2.00. The van der Waals surface area contributed by atoms with Crippen LogP contribution >= 0.6 is 11.6 Å². The monoisotopic (exact) mass is 291 g/mol. The highest BCUT2D eigenvalue weighted by Crippen LogP contribution is 2.27. The second-order valence-corrected chi connectivity index (χ2v) is 4.66. The van der Waals surface area contributed by atoms with Crippen LogP contribution in [-0.4, -0.2) is 11.6 Å². The Kier molecular flexibility index (Phi) is 5.69. The van der Waals surface area contributed by atoms with Crippen molar-refractivity contribution < 1.29 is 9.47 Å². The van der Waals surface area contributed by atoms with Crippen LogP contribution in [0.15, 0.2) is 42.7 Å². The van der Waals surface area contributed by atoms with Gasteiger partial charge in [0.15, 0.2) is 0 Å². The molecule has 0 aliphatic heterocycles. The van der Waals surface area contributed by atoms with Gasteiger partial charge in [-0.25, -0.2) is 0 Å². The molecule has 0 radical (unpaired) electrons. The maximum Gasteiger partial charge on any atom is 0.127 e. The zero-order chi connectivity index (χ0) is 14.2. The van der Waals surface area contributed by atoms with E-state index in [0.29, 0.717) is 19.1 Å². The van der Waals surface area contributed by atoms with E-state index in [1.165, 1.54) is 0 Å². The quantitative estimate of drug-likeness (QED) is 0.717. The third kappa shape index (κ3) is 4.14. The first-order valence-electron chi connectivity index (χ1n) is 6.67. The van der Waals surface area contributed by atoms with Crippen LogP contribution in [0.5, 0.6) is 11.5 Å². The Morgan fingerprint density at radius 1 is 1.10 bits per heavy atom. The molecule has 1 aromatic carbocycles. The average Bonchev–Trinajstić information content (AvgIpc) is 2.52. The van der Waals surface area contributed by atoms with Crippen molar-refractivity contribution in [1.82, 2.24) is 4.98 Å². The van der Waals surface area contributed by atoms with Crippen molar-refractivity contribution in [1.29, 1.82) is 0 Å². The summed E-state index contributed by atoms with van der Waals surface area (Å²) in [6.07, 6.45) is 4.48. The molecule has 1 heterocycles. The van der Waals surface area contributed by atoms with E-state index in [9.17, 15) is 0 Å². The fourth-order valence-electron chi connectivity index (χ4n) is 1.73. The molecule has 0 unspecified atom stereocenters. The predicted octanol–water partition coefficient (Wildman–Crippen LogP) is 4.19. The molecule has 0 aliphatic carbocycles. The van der Waals surface area contributed by atoms with Crippen LogP contribution in [0, 0.1) is 0 Å². The van der Waals surface area contributed by atoms with Crippen molar-refractivity contribution in [2.75, 3.05) is 6.61 Å². The molecule has 0 atom stereocenters. The lowest BCUT2D eigenvalue weighted by atomic mass is 10.2. The maximum atomic E-state index is 5.94. The number of hydrogen-bond donors (Lipinski definition) is 0. The normalized spacial score (nSPS) is 10.3. The van der Waals surface area contributed by atoms with Gasteiger partial charge in [0.05, 0.1) is 12.5 Å². The van der Waals surface area contributed by atoms with Crippen LogP contribution in [0.3, 0.4) is 0 Å². The number of benzene rings is 1. The minimum atomic E-state index is 0.416. The van der Waals surface area contributed by atoms with E-state index in [1.54, 1.807) is 12.4 Å². The van der Waals surface area contributed by atoms with Gasteiger partial charge in [0, 0.05) is 24.0 Å². The second-order valence-electron chi connectivity index (χ2n) is 4.40. The highest BCUT2D eigenvalue weighted by molar-refractivity contribution is 6.17. The number of hydrogen-bond acceptors (Lipinski definition) is 3. The maximum absolute atomic E-state index is 5.94. The number of halogens is 1. The summed E-state index contributed by atoms with van der Waals surface area (Å²) in [6, 6.07) is 9.62. The van der Waals surface area contributed by atoms with Crippen LogP contribution in [0.2, 0.25) is 0 Å². The second kappa shape index (κ2) is 7.75. The van der Waals surface area contributed by atoms with Crippen LogP contribution in [0.4, 0.5) is 0 Å². The molecule has 2 aromatic rings. The van der Waals surface area contributed by atoms with Gasteiger partial charge in [-0.2, -0.15) is 0 Å². The molecule has 4 heteroatoms. The molecule has 0 bridgehead atoms. The number of aromatic nitrogens is 1. The lowest BCUT2D eigenvalue weighted by Gasteiger charge is -2.12. The van der Waals surface area contributed by atoms with Crippen LogP contribution < -0.4 is 9.47 Å². The summed E-state index contributed by atoms with van der Waals surface area (Å²) in [7, 11) is 0. The minimum Gasteiger partial charge on any atom is -0.493 e. The highest BCUT2D eigenvalue weighted by Gasteiger charge is 2.06. The van der Waals surface area contributed by atoms with Crippen molar-refractivity contribution in [3.8, 4) is 11.5 Å². The summed E-state index contributed by atoms with van der Waals surface area (Å²) in [6.45, 7) is 3.27. The van der Waals surface area contributed by atoms with Gasteiger partial charge >= 0.3 is 0 Å². The molecule has 0 saturated heterocycles. The van der Waals surface area contributed by atoms with E-state index < -0.39 is 0 Å². The number of alkyl halides is 1. The first-order valence-corrected chi connectivity index (χ1v) is 7.20. The summed E-state index contributed by atoms with van der Waals surface area (Å²) in [5, 5.41) is 0. The van der Waals surface area contributed by atoms with Gasteiger partial charge in [0.2, 0.25) is 0 Å². The Bertz CT molecular complexity index is 531. The van der Waals surface area contributed by atoms with Gasteiger partial charge in [0.25, 0.3) is 0 Å². The van der Waals surface area contributed by atoms with Gasteiger partial charge < -0.3 is 9.47 Å². The summed E-state index contributed by atoms with van der Waals surface area (Å²) in [5.41, 5.74) is 2.03. The molecule has 0 amide bonds. The molecule has 0 aliphatic rings. The molecule has 0 saturated carbocycles. The number of nitrogens with zero attached hydrogens (tertiary/aromatic N) is 1. The molecule has 0 spiro atoms. The first-order chi connectivity index (χ1) is 9.83. The summed E-state index contributed by atoms with van der Waals surface area (Å²) < 4.78 is 11.5. The van der Waals surface area contributed by atoms with E-state index in [4.69, 9.17) is 21.1 Å². The SMILES string of the molecule is CCCOc1ccc(CCl)c(OCc2ccncc2)c1. The van der Waals surface area contributed by atoms with Gasteiger partial charge in [-0.3, -0.25) is 4.98 Å². The largest absolute Gasteiger partial charge is 0.493 e. The minimum absolute atomic E-state index is 0.416. The van der Waals surface area contributed by atoms with E-state index in [2.05, 4.69) is 11.9 Å². The van der Waals surface area contributed by atoms with Crippen molar-refractivity contribution in [3.63, 3.8) is 0 Å². The average molecular weight is 292 g/mol. The Balaban J connectivity index is 2.07. The standard InChI is InChI=1S/C16H18ClNO2/c1-2-9-19-15-4-3-14(11-17)16(10-15)20-12-13-5-7-18-8-6-13/h3-8,10H,2,9,11-12H2,1H3. The molecular formula is C16H18ClNO2. The third-order valence-corrected chi connectivity index (χ3v) is 3.09. The molecule has 2 rings (SSSR count). The van der Waals surface area contributed by atoms with E-state index in [1.807, 2.05) is 30.3 Å². The molecule has 0 N–H and O–H groups in total. The first kappa shape index (κ1) is 14.7. The van der Waals surface area contributed by atoms with E-state index in [0.717, 1.165) is 29.0 Å². The Labute approximate surface area is 124 Å². The van der Waals surface area contributed by atoms with Crippen LogP contribution in [-0.2, 0) is 12.5 Å². The smallest absolute Gasteiger partial charge is 0.127 e. The van der Waals surface area contributed by atoms with E-state index in [-0.39, 0.29) is 0 Å². The molecule has 0 fully saturated rings. The van der Waals surface area contributed by atoms with Crippen molar-refractivity contribution in [2.45, 2.75) is 25.8 Å². The molecule has 1 aromatic heterocycles. The van der Waals surface area contributed by atoms with Crippen molar-refractivity contribution >= 4 is 11.6 Å². The number of pyridine rings is 1. The predicted molar refractivity (Wildman–Crippen MR) is 80.4 cm³/mol. The van der Waals surface area contributed by atoms with Crippen LogP contribution in [0.25, 0.3) is 0 Å². The van der Waals surface area contributed by atoms with Crippen LogP contribution in [0.1, 0.15) is 24.5 Å². The van der Waals surface area contributed by atoms with Gasteiger partial charge in [-0.05, 0) is 30.2 Å². The zero-order valence-corrected chi connectivity index (χ0v) is 12.3. The lowest BCUT2D eigenvalue weighted by molar-refractivity contribution is 0.293. The number of ether oxygens (including phenoxy) is 2. The van der Waals surface area contributed by atoms with Gasteiger partial charge in [0.1, 0.15) is 18.1 Å². The molecule has 3 nitrogen and oxygen atoms in total. The van der Waals surface area contributed by atoms with Gasteiger partial charge in [-0.1, -0.05) is 13.0 Å². The third-order valence-electron chi connectivity index (χ3n) is 2.80. The number of rotatable bonds is 7. The molecular weight excluding hydrogens is 274 g/mol. The lowest BCUT2D eigenvalue weighted by Crippen LogP contribution is -2.00. The molecule has 106 valence electrons. The Hall–Kier alpha value is -1.74. The zero-order valence-electron chi connectivity index (χ0n) is 11.5. The Morgan fingerprint density at radius 2 is 1.90 bits per heavy atom. The van der Waals surface area contributed by atoms with Gasteiger partial charge in [-0.15, -0.1) is 11.6 Å². The summed E-state index contributed by atoms with van der Waals surface area (Å²) in [4.78, 5) is 3.99. The fourth-order valence-corrected chi connectivity index (χ4v) is 1.95. The topological polar surface area (TPSA) is 31.4 Å². The van der Waals surface area contributed by atoms with Crippen molar-refractivity contribution in [2.24, 2.45) is 0 Å².